The Balaban J connectivity index is 2.27. The van der Waals surface area contributed by atoms with Gasteiger partial charge in [-0.1, -0.05) is 0 Å². The maximum Gasteiger partial charge on any atom is 0.202 e. The summed E-state index contributed by atoms with van der Waals surface area (Å²) in [6, 6.07) is 0. The highest BCUT2D eigenvalue weighted by atomic mass is 32.2. The molecule has 0 atom stereocenters. The Bertz CT molecular complexity index is 235. The first-order chi connectivity index (χ1) is 6.38. The van der Waals surface area contributed by atoms with E-state index in [4.69, 9.17) is 0 Å². The molecule has 0 aliphatic heterocycles. The SMILES string of the molecule is CCn1ccnc1NCCCSC. The Hall–Kier alpha value is -0.640. The fourth-order valence-electron chi connectivity index (χ4n) is 1.15. The lowest BCUT2D eigenvalue weighted by Gasteiger charge is -2.06. The van der Waals surface area contributed by atoms with Crippen LogP contribution >= 0.6 is 11.8 Å². The molecular weight excluding hydrogens is 182 g/mol. The first-order valence-electron chi connectivity index (χ1n) is 4.62. The van der Waals surface area contributed by atoms with Crippen LogP contribution in [-0.4, -0.2) is 28.1 Å². The molecule has 13 heavy (non-hydrogen) atoms. The number of thioether (sulfide) groups is 1. The smallest absolute Gasteiger partial charge is 0.202 e. The molecule has 0 spiro atoms. The van der Waals surface area contributed by atoms with Crippen molar-refractivity contribution < 1.29 is 0 Å². The minimum Gasteiger partial charge on any atom is -0.356 e. The minimum absolute atomic E-state index is 0.977. The molecule has 0 saturated carbocycles. The van der Waals surface area contributed by atoms with E-state index in [9.17, 15) is 0 Å². The van der Waals surface area contributed by atoms with Crippen LogP contribution in [-0.2, 0) is 6.54 Å². The van der Waals surface area contributed by atoms with Crippen molar-refractivity contribution in [2.75, 3.05) is 23.9 Å². The van der Waals surface area contributed by atoms with Crippen LogP contribution in [0, 0.1) is 0 Å². The van der Waals surface area contributed by atoms with E-state index in [1.54, 1.807) is 0 Å². The zero-order valence-electron chi connectivity index (χ0n) is 8.29. The second-order valence-corrected chi connectivity index (χ2v) is 3.80. The van der Waals surface area contributed by atoms with Crippen LogP contribution < -0.4 is 5.32 Å². The summed E-state index contributed by atoms with van der Waals surface area (Å²) < 4.78 is 2.11. The average molecular weight is 199 g/mol. The highest BCUT2D eigenvalue weighted by molar-refractivity contribution is 7.98. The molecule has 0 unspecified atom stereocenters. The summed E-state index contributed by atoms with van der Waals surface area (Å²) in [6.07, 6.45) is 7.15. The molecule has 1 aromatic heterocycles. The van der Waals surface area contributed by atoms with Crippen LogP contribution in [0.3, 0.4) is 0 Å². The van der Waals surface area contributed by atoms with Gasteiger partial charge in [-0.05, 0) is 25.4 Å². The second kappa shape index (κ2) is 5.91. The third kappa shape index (κ3) is 3.30. The summed E-state index contributed by atoms with van der Waals surface area (Å²) in [6.45, 7) is 4.11. The Morgan fingerprint density at radius 1 is 1.62 bits per heavy atom. The van der Waals surface area contributed by atoms with Crippen LogP contribution in [0.15, 0.2) is 12.4 Å². The van der Waals surface area contributed by atoms with Crippen molar-refractivity contribution in [2.45, 2.75) is 19.9 Å². The van der Waals surface area contributed by atoms with Gasteiger partial charge in [-0.15, -0.1) is 0 Å². The van der Waals surface area contributed by atoms with Gasteiger partial charge in [-0.2, -0.15) is 11.8 Å². The van der Waals surface area contributed by atoms with Crippen molar-refractivity contribution in [3.05, 3.63) is 12.4 Å². The number of aryl methyl sites for hydroxylation is 1. The second-order valence-electron chi connectivity index (χ2n) is 2.81. The standard InChI is InChI=1S/C9H17N3S/c1-3-12-7-6-11-9(12)10-5-4-8-13-2/h6-7H,3-5,8H2,1-2H3,(H,10,11). The largest absolute Gasteiger partial charge is 0.356 e. The van der Waals surface area contributed by atoms with Gasteiger partial charge in [-0.3, -0.25) is 0 Å². The Labute approximate surface area is 83.9 Å². The quantitative estimate of drug-likeness (QED) is 0.711. The number of rotatable bonds is 6. The summed E-state index contributed by atoms with van der Waals surface area (Å²) in [4.78, 5) is 4.23. The number of anilines is 1. The summed E-state index contributed by atoms with van der Waals surface area (Å²) >= 11 is 1.88. The number of imidazole rings is 1. The van der Waals surface area contributed by atoms with Crippen molar-refractivity contribution >= 4 is 17.7 Å². The third-order valence-electron chi connectivity index (χ3n) is 1.86. The van der Waals surface area contributed by atoms with Gasteiger partial charge in [0, 0.05) is 25.5 Å². The average Bonchev–Trinajstić information content (AvgIpc) is 2.60. The maximum absolute atomic E-state index is 4.23. The van der Waals surface area contributed by atoms with Crippen LogP contribution in [0.1, 0.15) is 13.3 Å². The molecule has 1 heterocycles. The summed E-state index contributed by atoms with van der Waals surface area (Å²) in [5, 5.41) is 3.32. The molecular formula is C9H17N3S. The Kier molecular flexibility index (Phi) is 4.75. The van der Waals surface area contributed by atoms with Gasteiger partial charge in [0.05, 0.1) is 0 Å². The zero-order chi connectivity index (χ0) is 9.52. The van der Waals surface area contributed by atoms with Gasteiger partial charge in [-0.25, -0.2) is 4.98 Å². The van der Waals surface area contributed by atoms with Crippen LogP contribution in [0.4, 0.5) is 5.95 Å². The molecule has 74 valence electrons. The van der Waals surface area contributed by atoms with Crippen LogP contribution in [0.5, 0.6) is 0 Å². The minimum atomic E-state index is 0.977. The van der Waals surface area contributed by atoms with Crippen LogP contribution in [0.2, 0.25) is 0 Å². The predicted octanol–water partition coefficient (Wildman–Crippen LogP) is 2.07. The van der Waals surface area contributed by atoms with E-state index >= 15 is 0 Å². The van der Waals surface area contributed by atoms with E-state index in [1.807, 2.05) is 24.2 Å². The maximum atomic E-state index is 4.23. The normalized spacial score (nSPS) is 10.3. The highest BCUT2D eigenvalue weighted by Gasteiger charge is 1.97. The fraction of sp³-hybridized carbons (Fsp3) is 0.667. The lowest BCUT2D eigenvalue weighted by atomic mass is 10.5. The summed E-state index contributed by atoms with van der Waals surface area (Å²) in [5.41, 5.74) is 0. The Morgan fingerprint density at radius 3 is 3.15 bits per heavy atom. The van der Waals surface area contributed by atoms with Crippen LogP contribution in [0.25, 0.3) is 0 Å². The van der Waals surface area contributed by atoms with Crippen molar-refractivity contribution in [1.29, 1.82) is 0 Å². The number of nitrogens with zero attached hydrogens (tertiary/aromatic N) is 2. The molecule has 0 aliphatic carbocycles. The lowest BCUT2D eigenvalue weighted by Crippen LogP contribution is -2.08. The zero-order valence-corrected chi connectivity index (χ0v) is 9.10. The van der Waals surface area contributed by atoms with E-state index in [1.165, 1.54) is 12.2 Å². The third-order valence-corrected chi connectivity index (χ3v) is 2.56. The molecule has 1 rings (SSSR count). The van der Waals surface area contributed by atoms with Gasteiger partial charge in [0.2, 0.25) is 5.95 Å². The summed E-state index contributed by atoms with van der Waals surface area (Å²) in [5.74, 6) is 2.20. The topological polar surface area (TPSA) is 29.9 Å². The van der Waals surface area contributed by atoms with Gasteiger partial charge >= 0.3 is 0 Å². The van der Waals surface area contributed by atoms with Crippen molar-refractivity contribution in [1.82, 2.24) is 9.55 Å². The van der Waals surface area contributed by atoms with Crippen molar-refractivity contribution in [3.8, 4) is 0 Å². The first-order valence-corrected chi connectivity index (χ1v) is 6.01. The van der Waals surface area contributed by atoms with Gasteiger partial charge < -0.3 is 9.88 Å². The predicted molar refractivity (Wildman–Crippen MR) is 59.4 cm³/mol. The molecule has 0 fully saturated rings. The van der Waals surface area contributed by atoms with E-state index in [-0.39, 0.29) is 0 Å². The van der Waals surface area contributed by atoms with E-state index in [0.717, 1.165) is 19.0 Å². The Morgan fingerprint density at radius 2 is 2.46 bits per heavy atom. The lowest BCUT2D eigenvalue weighted by molar-refractivity contribution is 0.761. The number of hydrogen-bond donors (Lipinski definition) is 1. The first kappa shape index (κ1) is 10.4. The van der Waals surface area contributed by atoms with E-state index < -0.39 is 0 Å². The number of aromatic nitrogens is 2. The monoisotopic (exact) mass is 199 g/mol. The molecule has 3 nitrogen and oxygen atoms in total. The molecule has 0 bridgehead atoms. The van der Waals surface area contributed by atoms with Crippen molar-refractivity contribution in [2.24, 2.45) is 0 Å². The molecule has 0 aromatic carbocycles. The van der Waals surface area contributed by atoms with Gasteiger partial charge in [0.1, 0.15) is 0 Å². The molecule has 0 aliphatic rings. The number of hydrogen-bond acceptors (Lipinski definition) is 3. The molecule has 0 radical (unpaired) electrons. The molecule has 1 N–H and O–H groups in total. The molecule has 0 amide bonds. The van der Waals surface area contributed by atoms with Gasteiger partial charge in [0.15, 0.2) is 0 Å². The van der Waals surface area contributed by atoms with Crippen molar-refractivity contribution in [3.63, 3.8) is 0 Å². The molecule has 4 heteroatoms. The number of nitrogens with one attached hydrogen (secondary N) is 1. The molecule has 1 aromatic rings. The van der Waals surface area contributed by atoms with E-state index in [0.29, 0.717) is 0 Å². The molecule has 0 saturated heterocycles. The fourth-order valence-corrected chi connectivity index (χ4v) is 1.58. The summed E-state index contributed by atoms with van der Waals surface area (Å²) in [7, 11) is 0. The highest BCUT2D eigenvalue weighted by Crippen LogP contribution is 2.04. The van der Waals surface area contributed by atoms with E-state index in [2.05, 4.69) is 28.0 Å². The van der Waals surface area contributed by atoms with Gasteiger partial charge in [0.25, 0.3) is 0 Å².